The number of halogens is 1. The van der Waals surface area contributed by atoms with Crippen LogP contribution in [0.15, 0.2) is 30.5 Å². The van der Waals surface area contributed by atoms with E-state index < -0.39 is 4.92 Å². The number of rotatable bonds is 4. The Morgan fingerprint density at radius 3 is 2.58 bits per heavy atom. The van der Waals surface area contributed by atoms with Crippen molar-refractivity contribution < 1.29 is 9.72 Å². The Kier molecular flexibility index (Phi) is 3.62. The monoisotopic (exact) mass is 279 g/mol. The van der Waals surface area contributed by atoms with Gasteiger partial charge in [0.1, 0.15) is 6.20 Å². The highest BCUT2D eigenvalue weighted by molar-refractivity contribution is 6.30. The third-order valence-electron chi connectivity index (χ3n) is 2.73. The molecule has 0 spiro atoms. The molecule has 0 N–H and O–H groups in total. The van der Waals surface area contributed by atoms with E-state index in [2.05, 4.69) is 4.98 Å². The minimum atomic E-state index is -0.538. The Bertz CT molecular complexity index is 634. The van der Waals surface area contributed by atoms with E-state index in [1.165, 1.54) is 11.6 Å². The van der Waals surface area contributed by atoms with Crippen molar-refractivity contribution in [1.29, 1.82) is 0 Å². The summed E-state index contributed by atoms with van der Waals surface area (Å²) in [5, 5.41) is 11.2. The maximum atomic E-state index is 12.0. The predicted octanol–water partition coefficient (Wildman–Crippen LogP) is 2.41. The third kappa shape index (κ3) is 2.79. The average molecular weight is 280 g/mol. The van der Waals surface area contributed by atoms with Gasteiger partial charge in [0.15, 0.2) is 5.78 Å². The van der Waals surface area contributed by atoms with E-state index in [0.717, 1.165) is 6.20 Å². The molecule has 0 aliphatic heterocycles. The average Bonchev–Trinajstić information content (AvgIpc) is 2.72. The molecule has 0 unspecified atom stereocenters. The molecule has 0 saturated carbocycles. The second kappa shape index (κ2) is 5.19. The number of carbonyl (C=O) groups excluding carboxylic acids is 1. The van der Waals surface area contributed by atoms with Crippen molar-refractivity contribution in [3.05, 3.63) is 57.0 Å². The number of imidazole rings is 1. The molecule has 0 radical (unpaired) electrons. The van der Waals surface area contributed by atoms with Crippen molar-refractivity contribution in [2.45, 2.75) is 6.42 Å². The van der Waals surface area contributed by atoms with Crippen LogP contribution in [0.4, 0.5) is 5.82 Å². The molecular weight excluding hydrogens is 270 g/mol. The number of Topliss-reactive ketones (excluding diaryl/α,β-unsaturated/α-hetero) is 1. The zero-order chi connectivity index (χ0) is 14.0. The summed E-state index contributed by atoms with van der Waals surface area (Å²) in [7, 11) is 1.51. The first-order valence-corrected chi connectivity index (χ1v) is 5.80. The lowest BCUT2D eigenvalue weighted by Gasteiger charge is -2.00. The number of aromatic nitrogens is 2. The number of benzene rings is 1. The smallest absolute Gasteiger partial charge is 0.342 e. The molecule has 2 aromatic rings. The minimum absolute atomic E-state index is 0.00592. The van der Waals surface area contributed by atoms with E-state index in [-0.39, 0.29) is 18.0 Å². The molecule has 1 heterocycles. The molecule has 7 heteroatoms. The summed E-state index contributed by atoms with van der Waals surface area (Å²) in [5.74, 6) is 0.0471. The van der Waals surface area contributed by atoms with Gasteiger partial charge in [0.05, 0.1) is 13.5 Å². The molecular formula is C12H10ClN3O3. The molecule has 98 valence electrons. The number of carbonyl (C=O) groups is 1. The van der Waals surface area contributed by atoms with Crippen molar-refractivity contribution in [2.24, 2.45) is 7.05 Å². The lowest BCUT2D eigenvalue weighted by Crippen LogP contribution is -2.09. The summed E-state index contributed by atoms with van der Waals surface area (Å²) >= 11 is 5.74. The fourth-order valence-corrected chi connectivity index (χ4v) is 1.78. The molecule has 0 amide bonds. The Balaban J connectivity index is 2.19. The Morgan fingerprint density at radius 1 is 1.42 bits per heavy atom. The lowest BCUT2D eigenvalue weighted by atomic mass is 10.1. The fourth-order valence-electron chi connectivity index (χ4n) is 1.65. The third-order valence-corrected chi connectivity index (χ3v) is 2.98. The van der Waals surface area contributed by atoms with E-state index >= 15 is 0 Å². The van der Waals surface area contributed by atoms with E-state index in [9.17, 15) is 14.9 Å². The summed E-state index contributed by atoms with van der Waals surface area (Å²) in [6.07, 6.45) is 1.15. The number of hydrogen-bond acceptors (Lipinski definition) is 4. The molecule has 0 bridgehead atoms. The molecule has 0 fully saturated rings. The fraction of sp³-hybridized carbons (Fsp3) is 0.167. The van der Waals surface area contributed by atoms with Crippen LogP contribution in [-0.4, -0.2) is 20.3 Å². The van der Waals surface area contributed by atoms with Gasteiger partial charge in [-0.2, -0.15) is 0 Å². The van der Waals surface area contributed by atoms with Crippen LogP contribution >= 0.6 is 11.6 Å². The Labute approximate surface area is 113 Å². The number of ketones is 1. The van der Waals surface area contributed by atoms with Crippen molar-refractivity contribution in [3.8, 4) is 0 Å². The Hall–Kier alpha value is -2.21. The van der Waals surface area contributed by atoms with Gasteiger partial charge in [-0.05, 0) is 29.2 Å². The topological polar surface area (TPSA) is 78.0 Å². The molecule has 0 aliphatic carbocycles. The van der Waals surface area contributed by atoms with E-state index in [0.29, 0.717) is 16.4 Å². The van der Waals surface area contributed by atoms with Gasteiger partial charge in [-0.3, -0.25) is 4.79 Å². The van der Waals surface area contributed by atoms with Crippen LogP contribution in [0.2, 0.25) is 5.02 Å². The number of nitro groups is 1. The van der Waals surface area contributed by atoms with Crippen LogP contribution in [0.5, 0.6) is 0 Å². The van der Waals surface area contributed by atoms with Crippen molar-refractivity contribution in [1.82, 2.24) is 9.55 Å². The van der Waals surface area contributed by atoms with Crippen LogP contribution in [0.3, 0.4) is 0 Å². The molecule has 19 heavy (non-hydrogen) atoms. The minimum Gasteiger partial charge on any atom is -0.358 e. The van der Waals surface area contributed by atoms with Crippen molar-refractivity contribution in [3.63, 3.8) is 0 Å². The van der Waals surface area contributed by atoms with E-state index in [1.54, 1.807) is 24.3 Å². The maximum absolute atomic E-state index is 12.0. The normalized spacial score (nSPS) is 10.4. The molecule has 1 aromatic heterocycles. The lowest BCUT2D eigenvalue weighted by molar-refractivity contribution is -0.391. The van der Waals surface area contributed by atoms with Gasteiger partial charge in [-0.15, -0.1) is 0 Å². The zero-order valence-corrected chi connectivity index (χ0v) is 10.8. The van der Waals surface area contributed by atoms with Crippen molar-refractivity contribution >= 4 is 23.2 Å². The number of nitrogens with zero attached hydrogens (tertiary/aromatic N) is 3. The summed E-state index contributed by atoms with van der Waals surface area (Å²) in [5.41, 5.74) is 0.495. The maximum Gasteiger partial charge on any atom is 0.342 e. The highest BCUT2D eigenvalue weighted by Crippen LogP contribution is 2.15. The predicted molar refractivity (Wildman–Crippen MR) is 69.3 cm³/mol. The summed E-state index contributed by atoms with van der Waals surface area (Å²) < 4.78 is 1.30. The summed E-state index contributed by atoms with van der Waals surface area (Å²) in [6, 6.07) is 6.47. The van der Waals surface area contributed by atoms with Gasteiger partial charge in [0.2, 0.25) is 5.82 Å². The first kappa shape index (κ1) is 13.2. The molecule has 0 atom stereocenters. The zero-order valence-electron chi connectivity index (χ0n) is 10.0. The highest BCUT2D eigenvalue weighted by Gasteiger charge is 2.19. The van der Waals surface area contributed by atoms with E-state index in [1.807, 2.05) is 0 Å². The Morgan fingerprint density at radius 2 is 2.05 bits per heavy atom. The van der Waals surface area contributed by atoms with Gasteiger partial charge in [-0.1, -0.05) is 11.6 Å². The van der Waals surface area contributed by atoms with Crippen LogP contribution in [0, 0.1) is 10.1 Å². The summed E-state index contributed by atoms with van der Waals surface area (Å²) in [4.78, 5) is 26.0. The molecule has 1 aromatic carbocycles. The summed E-state index contributed by atoms with van der Waals surface area (Å²) in [6.45, 7) is 0. The molecule has 0 saturated heterocycles. The van der Waals surface area contributed by atoms with Crippen LogP contribution < -0.4 is 0 Å². The van der Waals surface area contributed by atoms with E-state index in [4.69, 9.17) is 11.6 Å². The van der Waals surface area contributed by atoms with Crippen molar-refractivity contribution in [2.75, 3.05) is 0 Å². The van der Waals surface area contributed by atoms with Crippen LogP contribution in [0.25, 0.3) is 0 Å². The second-order valence-corrected chi connectivity index (χ2v) is 4.39. The first-order chi connectivity index (χ1) is 8.99. The van der Waals surface area contributed by atoms with Gasteiger partial charge in [0, 0.05) is 10.6 Å². The van der Waals surface area contributed by atoms with Gasteiger partial charge in [0.25, 0.3) is 0 Å². The molecule has 6 nitrogen and oxygen atoms in total. The van der Waals surface area contributed by atoms with Crippen LogP contribution in [0.1, 0.15) is 16.2 Å². The first-order valence-electron chi connectivity index (χ1n) is 5.43. The second-order valence-electron chi connectivity index (χ2n) is 3.96. The van der Waals surface area contributed by atoms with Crippen LogP contribution in [-0.2, 0) is 13.5 Å². The SMILES string of the molecule is Cn1c([N+](=O)[O-])cnc1CC(=O)c1ccc(Cl)cc1. The molecule has 2 rings (SSSR count). The quantitative estimate of drug-likeness (QED) is 0.489. The largest absolute Gasteiger partial charge is 0.358 e. The highest BCUT2D eigenvalue weighted by atomic mass is 35.5. The molecule has 0 aliphatic rings. The number of hydrogen-bond donors (Lipinski definition) is 0. The standard InChI is InChI=1S/C12H10ClN3O3/c1-15-11(14-7-12(15)16(18)19)6-10(17)8-2-4-9(13)5-3-8/h2-5,7H,6H2,1H3. The van der Waals surface area contributed by atoms with Gasteiger partial charge in [-0.25, -0.2) is 9.55 Å². The van der Waals surface area contributed by atoms with Gasteiger partial charge < -0.3 is 10.1 Å². The van der Waals surface area contributed by atoms with Gasteiger partial charge >= 0.3 is 5.82 Å².